The van der Waals surface area contributed by atoms with E-state index >= 15 is 0 Å². The third-order valence-electron chi connectivity index (χ3n) is 3.44. The van der Waals surface area contributed by atoms with Gasteiger partial charge in [0, 0.05) is 33.2 Å². The van der Waals surface area contributed by atoms with Crippen molar-refractivity contribution in [2.45, 2.75) is 18.9 Å². The monoisotopic (exact) mass is 299 g/mol. The molecule has 1 fully saturated rings. The highest BCUT2D eigenvalue weighted by Gasteiger charge is 2.23. The van der Waals surface area contributed by atoms with Crippen LogP contribution in [0.3, 0.4) is 0 Å². The number of rotatable bonds is 2. The van der Waals surface area contributed by atoms with Crippen LogP contribution in [0.25, 0.3) is 0 Å². The number of carbonyl (C=O) groups excluding carboxylic acids is 1. The van der Waals surface area contributed by atoms with Gasteiger partial charge in [-0.05, 0) is 31.0 Å². The van der Waals surface area contributed by atoms with E-state index in [1.165, 1.54) is 12.1 Å². The van der Waals surface area contributed by atoms with E-state index in [9.17, 15) is 9.18 Å². The third-order valence-corrected chi connectivity index (χ3v) is 3.77. The van der Waals surface area contributed by atoms with Crippen molar-refractivity contribution in [3.8, 4) is 0 Å². The number of hydrogen-bond acceptors (Lipinski definition) is 2. The molecule has 1 saturated heterocycles. The van der Waals surface area contributed by atoms with Gasteiger partial charge in [-0.25, -0.2) is 9.18 Å². The topological polar surface area (TPSA) is 35.6 Å². The smallest absolute Gasteiger partial charge is 0.319 e. The van der Waals surface area contributed by atoms with Crippen LogP contribution in [0.5, 0.6) is 0 Å². The maximum atomic E-state index is 13.2. The van der Waals surface area contributed by atoms with Crippen molar-refractivity contribution in [3.05, 3.63) is 29.0 Å². The Kier molecular flexibility index (Phi) is 4.70. The predicted molar refractivity (Wildman–Crippen MR) is 78.7 cm³/mol. The van der Waals surface area contributed by atoms with Gasteiger partial charge in [0.15, 0.2) is 0 Å². The molecule has 20 heavy (non-hydrogen) atoms. The Balaban J connectivity index is 1.91. The molecule has 0 aliphatic carbocycles. The molecular weight excluding hydrogens is 281 g/mol. The van der Waals surface area contributed by atoms with Crippen LogP contribution < -0.4 is 5.32 Å². The standard InChI is InChI=1S/C14H19ClFN3O/c1-18(2)14(20)19-7-5-11(6-8-19)17-13-9-10(16)3-4-12(13)15/h3-4,9,11,17H,5-8H2,1-2H3. The van der Waals surface area contributed by atoms with Gasteiger partial charge in [0.1, 0.15) is 5.82 Å². The van der Waals surface area contributed by atoms with Gasteiger partial charge in [0.25, 0.3) is 0 Å². The lowest BCUT2D eigenvalue weighted by molar-refractivity contribution is 0.158. The van der Waals surface area contributed by atoms with E-state index in [0.717, 1.165) is 12.8 Å². The first-order valence-electron chi connectivity index (χ1n) is 6.65. The second-order valence-corrected chi connectivity index (χ2v) is 5.61. The number of halogens is 2. The molecule has 1 heterocycles. The minimum atomic E-state index is -0.308. The summed E-state index contributed by atoms with van der Waals surface area (Å²) < 4.78 is 13.2. The van der Waals surface area contributed by atoms with E-state index in [1.54, 1.807) is 25.1 Å². The summed E-state index contributed by atoms with van der Waals surface area (Å²) in [5, 5.41) is 3.77. The van der Waals surface area contributed by atoms with E-state index < -0.39 is 0 Å². The second kappa shape index (κ2) is 6.31. The molecule has 1 aromatic carbocycles. The van der Waals surface area contributed by atoms with Gasteiger partial charge in [0.2, 0.25) is 0 Å². The molecule has 4 nitrogen and oxygen atoms in total. The maximum absolute atomic E-state index is 13.2. The third kappa shape index (κ3) is 3.54. The summed E-state index contributed by atoms with van der Waals surface area (Å²) in [7, 11) is 3.50. The molecule has 0 unspecified atom stereocenters. The lowest BCUT2D eigenvalue weighted by Gasteiger charge is -2.34. The van der Waals surface area contributed by atoms with Crippen LogP contribution >= 0.6 is 11.6 Å². The van der Waals surface area contributed by atoms with Crippen molar-refractivity contribution < 1.29 is 9.18 Å². The molecular formula is C14H19ClFN3O. The van der Waals surface area contributed by atoms with Crippen molar-refractivity contribution in [2.24, 2.45) is 0 Å². The fraction of sp³-hybridized carbons (Fsp3) is 0.500. The van der Waals surface area contributed by atoms with Crippen molar-refractivity contribution in [1.29, 1.82) is 0 Å². The molecule has 0 atom stereocenters. The number of benzene rings is 1. The molecule has 0 bridgehead atoms. The van der Waals surface area contributed by atoms with Gasteiger partial charge in [-0.15, -0.1) is 0 Å². The molecule has 1 aromatic rings. The van der Waals surface area contributed by atoms with Gasteiger partial charge in [0.05, 0.1) is 10.7 Å². The fourth-order valence-electron chi connectivity index (χ4n) is 2.33. The number of nitrogens with zero attached hydrogens (tertiary/aromatic N) is 2. The molecule has 6 heteroatoms. The highest BCUT2D eigenvalue weighted by atomic mass is 35.5. The van der Waals surface area contributed by atoms with Crippen LogP contribution in [0.1, 0.15) is 12.8 Å². The summed E-state index contributed by atoms with van der Waals surface area (Å²) in [6.45, 7) is 1.39. The number of nitrogens with one attached hydrogen (secondary N) is 1. The molecule has 110 valence electrons. The summed E-state index contributed by atoms with van der Waals surface area (Å²) in [4.78, 5) is 15.2. The van der Waals surface area contributed by atoms with Gasteiger partial charge in [-0.1, -0.05) is 11.6 Å². The molecule has 2 amide bonds. The second-order valence-electron chi connectivity index (χ2n) is 5.21. The average molecular weight is 300 g/mol. The zero-order valence-corrected chi connectivity index (χ0v) is 12.5. The summed E-state index contributed by atoms with van der Waals surface area (Å²) >= 11 is 6.04. The Morgan fingerprint density at radius 2 is 2.05 bits per heavy atom. The maximum Gasteiger partial charge on any atom is 0.319 e. The van der Waals surface area contributed by atoms with E-state index in [1.807, 2.05) is 4.90 Å². The fourth-order valence-corrected chi connectivity index (χ4v) is 2.50. The zero-order chi connectivity index (χ0) is 14.7. The minimum absolute atomic E-state index is 0.0345. The highest BCUT2D eigenvalue weighted by Crippen LogP contribution is 2.25. The van der Waals surface area contributed by atoms with Crippen LogP contribution in [-0.4, -0.2) is 49.1 Å². The number of hydrogen-bond donors (Lipinski definition) is 1. The Hall–Kier alpha value is -1.49. The number of anilines is 1. The van der Waals surface area contributed by atoms with Crippen LogP contribution in [-0.2, 0) is 0 Å². The van der Waals surface area contributed by atoms with Crippen LogP contribution in [0, 0.1) is 5.82 Å². The first kappa shape index (κ1) is 14.9. The minimum Gasteiger partial charge on any atom is -0.381 e. The van der Waals surface area contributed by atoms with E-state index in [4.69, 9.17) is 11.6 Å². The predicted octanol–water partition coefficient (Wildman–Crippen LogP) is 3.04. The number of likely N-dealkylation sites (tertiary alicyclic amines) is 1. The van der Waals surface area contributed by atoms with Crippen LogP contribution in [0.4, 0.5) is 14.9 Å². The molecule has 0 saturated carbocycles. The SMILES string of the molecule is CN(C)C(=O)N1CCC(Nc2cc(F)ccc2Cl)CC1. The van der Waals surface area contributed by atoms with Gasteiger partial charge in [-0.3, -0.25) is 0 Å². The summed E-state index contributed by atoms with van der Waals surface area (Å²) in [5.41, 5.74) is 0.615. The van der Waals surface area contributed by atoms with Gasteiger partial charge < -0.3 is 15.1 Å². The van der Waals surface area contributed by atoms with E-state index in [-0.39, 0.29) is 17.9 Å². The van der Waals surface area contributed by atoms with Crippen molar-refractivity contribution in [2.75, 3.05) is 32.5 Å². The number of carbonyl (C=O) groups is 1. The Bertz CT molecular complexity index is 487. The lowest BCUT2D eigenvalue weighted by Crippen LogP contribution is -2.46. The van der Waals surface area contributed by atoms with E-state index in [2.05, 4.69) is 5.32 Å². The molecule has 1 aliphatic heterocycles. The molecule has 1 aliphatic rings. The van der Waals surface area contributed by atoms with Gasteiger partial charge >= 0.3 is 6.03 Å². The Morgan fingerprint density at radius 3 is 2.65 bits per heavy atom. The quantitative estimate of drug-likeness (QED) is 0.911. The number of piperidine rings is 1. The zero-order valence-electron chi connectivity index (χ0n) is 11.7. The van der Waals surface area contributed by atoms with Crippen LogP contribution in [0.2, 0.25) is 5.02 Å². The number of amides is 2. The first-order chi connectivity index (χ1) is 9.47. The first-order valence-corrected chi connectivity index (χ1v) is 7.03. The van der Waals surface area contributed by atoms with Crippen LogP contribution in [0.15, 0.2) is 18.2 Å². The normalized spacial score (nSPS) is 16.1. The van der Waals surface area contributed by atoms with Crippen molar-refractivity contribution in [3.63, 3.8) is 0 Å². The lowest BCUT2D eigenvalue weighted by atomic mass is 10.0. The largest absolute Gasteiger partial charge is 0.381 e. The molecule has 0 aromatic heterocycles. The summed E-state index contributed by atoms with van der Waals surface area (Å²) in [6.07, 6.45) is 1.65. The average Bonchev–Trinajstić information content (AvgIpc) is 2.43. The van der Waals surface area contributed by atoms with Gasteiger partial charge in [-0.2, -0.15) is 0 Å². The van der Waals surface area contributed by atoms with Crippen molar-refractivity contribution in [1.82, 2.24) is 9.80 Å². The molecule has 2 rings (SSSR count). The highest BCUT2D eigenvalue weighted by molar-refractivity contribution is 6.33. The Labute approximate surface area is 123 Å². The molecule has 0 spiro atoms. The summed E-state index contributed by atoms with van der Waals surface area (Å²) in [6, 6.07) is 4.53. The van der Waals surface area contributed by atoms with E-state index in [0.29, 0.717) is 23.8 Å². The molecule has 1 N–H and O–H groups in total. The number of urea groups is 1. The van der Waals surface area contributed by atoms with Crippen molar-refractivity contribution >= 4 is 23.3 Å². The Morgan fingerprint density at radius 1 is 1.40 bits per heavy atom. The molecule has 0 radical (unpaired) electrons. The summed E-state index contributed by atoms with van der Waals surface area (Å²) in [5.74, 6) is -0.308.